The SMILES string of the molecule is CCCN1c2cc(NS(=O)(=O)C(F)(F)C(F)(F)F)c(N=Nc3nncs3)cc2CCC1C(C)=O. The summed E-state index contributed by atoms with van der Waals surface area (Å²) in [5.41, 5.74) is 1.31. The van der Waals surface area contributed by atoms with E-state index in [1.165, 1.54) is 23.2 Å². The number of alkyl halides is 5. The van der Waals surface area contributed by atoms with Gasteiger partial charge in [-0.2, -0.15) is 30.4 Å². The van der Waals surface area contributed by atoms with Crippen LogP contribution in [0.3, 0.4) is 0 Å². The highest BCUT2D eigenvalue weighted by atomic mass is 32.2. The monoisotopic (exact) mass is 526 g/mol. The number of nitrogens with one attached hydrogen (secondary N) is 1. The minimum Gasteiger partial charge on any atom is -0.361 e. The number of Topliss-reactive ketones (excluding diaryl/α,β-unsaturated/α-hetero) is 1. The quantitative estimate of drug-likeness (QED) is 0.383. The lowest BCUT2D eigenvalue weighted by Gasteiger charge is -2.38. The van der Waals surface area contributed by atoms with Crippen LogP contribution < -0.4 is 9.62 Å². The highest BCUT2D eigenvalue weighted by Gasteiger charge is 2.67. The molecule has 0 aliphatic carbocycles. The lowest BCUT2D eigenvalue weighted by molar-refractivity contribution is -0.241. The minimum absolute atomic E-state index is 0.0522. The molecule has 1 atom stereocenters. The average molecular weight is 527 g/mol. The number of ketones is 1. The number of aromatic nitrogens is 2. The van der Waals surface area contributed by atoms with Crippen molar-refractivity contribution in [1.29, 1.82) is 0 Å². The molecule has 0 spiro atoms. The largest absolute Gasteiger partial charge is 0.471 e. The second-order valence-electron chi connectivity index (χ2n) is 7.40. The van der Waals surface area contributed by atoms with Crippen LogP contribution in [0.2, 0.25) is 0 Å². The first-order valence-electron chi connectivity index (χ1n) is 9.87. The molecule has 1 aromatic carbocycles. The van der Waals surface area contributed by atoms with Gasteiger partial charge in [-0.3, -0.25) is 9.52 Å². The zero-order valence-electron chi connectivity index (χ0n) is 17.8. The fraction of sp³-hybridized carbons (Fsp3) is 0.500. The number of fused-ring (bicyclic) bond motifs is 1. The summed E-state index contributed by atoms with van der Waals surface area (Å²) >= 11 is 0.972. The molecular formula is C18H19F5N6O3S2. The van der Waals surface area contributed by atoms with Gasteiger partial charge in [0, 0.05) is 12.2 Å². The number of carbonyl (C=O) groups is 1. The molecule has 1 aliphatic rings. The van der Waals surface area contributed by atoms with E-state index in [1.807, 2.05) is 6.92 Å². The van der Waals surface area contributed by atoms with E-state index in [0.29, 0.717) is 37.1 Å². The molecule has 16 heteroatoms. The Kier molecular flexibility index (Phi) is 7.21. The Morgan fingerprint density at radius 2 is 1.97 bits per heavy atom. The Balaban J connectivity index is 2.14. The van der Waals surface area contributed by atoms with Crippen LogP contribution in [0.5, 0.6) is 0 Å². The van der Waals surface area contributed by atoms with E-state index in [2.05, 4.69) is 20.4 Å². The number of anilines is 2. The summed E-state index contributed by atoms with van der Waals surface area (Å²) in [6.45, 7) is 3.59. The predicted octanol–water partition coefficient (Wildman–Crippen LogP) is 4.97. The molecule has 2 heterocycles. The third-order valence-electron chi connectivity index (χ3n) is 5.01. The number of carbonyl (C=O) groups excluding carboxylic acids is 1. The zero-order chi connectivity index (χ0) is 25.3. The number of sulfonamides is 1. The van der Waals surface area contributed by atoms with E-state index in [-0.39, 0.29) is 16.6 Å². The highest BCUT2D eigenvalue weighted by molar-refractivity contribution is 7.93. The van der Waals surface area contributed by atoms with Gasteiger partial charge in [-0.15, -0.1) is 20.4 Å². The normalized spacial score (nSPS) is 17.1. The molecule has 1 unspecified atom stereocenters. The van der Waals surface area contributed by atoms with Gasteiger partial charge in [0.2, 0.25) is 0 Å². The van der Waals surface area contributed by atoms with Crippen molar-refractivity contribution in [2.45, 2.75) is 50.6 Å². The maximum absolute atomic E-state index is 13.7. The van der Waals surface area contributed by atoms with Crippen LogP contribution in [0.25, 0.3) is 0 Å². The van der Waals surface area contributed by atoms with Gasteiger partial charge in [0.25, 0.3) is 5.13 Å². The van der Waals surface area contributed by atoms with Crippen molar-refractivity contribution in [3.63, 3.8) is 0 Å². The number of halogens is 5. The lowest BCUT2D eigenvalue weighted by atomic mass is 9.92. The zero-order valence-corrected chi connectivity index (χ0v) is 19.4. The van der Waals surface area contributed by atoms with Gasteiger partial charge < -0.3 is 4.90 Å². The van der Waals surface area contributed by atoms with Crippen LogP contribution in [0, 0.1) is 0 Å². The number of hydrogen-bond donors (Lipinski definition) is 1. The van der Waals surface area contributed by atoms with Crippen molar-refractivity contribution >= 4 is 49.3 Å². The molecule has 0 bridgehead atoms. The summed E-state index contributed by atoms with van der Waals surface area (Å²) in [5.74, 6) is -0.162. The first-order valence-corrected chi connectivity index (χ1v) is 12.2. The summed E-state index contributed by atoms with van der Waals surface area (Å²) < 4.78 is 91.2. The molecule has 34 heavy (non-hydrogen) atoms. The van der Waals surface area contributed by atoms with Crippen LogP contribution in [-0.2, 0) is 21.2 Å². The lowest BCUT2D eigenvalue weighted by Crippen LogP contribution is -2.47. The molecule has 0 amide bonds. The Labute approximate surface area is 195 Å². The molecule has 3 rings (SSSR count). The number of azo groups is 1. The maximum Gasteiger partial charge on any atom is 0.471 e. The molecule has 1 aromatic heterocycles. The molecule has 186 valence electrons. The molecule has 0 radical (unpaired) electrons. The van der Waals surface area contributed by atoms with Gasteiger partial charge in [0.15, 0.2) is 5.78 Å². The minimum atomic E-state index is -6.35. The van der Waals surface area contributed by atoms with Crippen molar-refractivity contribution < 1.29 is 35.2 Å². The fourth-order valence-electron chi connectivity index (χ4n) is 3.48. The summed E-state index contributed by atoms with van der Waals surface area (Å²) in [6, 6.07) is 1.88. The maximum atomic E-state index is 13.7. The van der Waals surface area contributed by atoms with Crippen molar-refractivity contribution in [3.8, 4) is 0 Å². The molecule has 9 nitrogen and oxygen atoms in total. The van der Waals surface area contributed by atoms with Crippen molar-refractivity contribution in [3.05, 3.63) is 23.2 Å². The van der Waals surface area contributed by atoms with E-state index in [4.69, 9.17) is 0 Å². The number of aryl methyl sites for hydroxylation is 1. The van der Waals surface area contributed by atoms with Crippen LogP contribution >= 0.6 is 11.3 Å². The van der Waals surface area contributed by atoms with Crippen molar-refractivity contribution in [2.75, 3.05) is 16.2 Å². The first-order chi connectivity index (χ1) is 15.8. The highest BCUT2D eigenvalue weighted by Crippen LogP contribution is 2.44. The third kappa shape index (κ3) is 5.01. The summed E-state index contributed by atoms with van der Waals surface area (Å²) in [4.78, 5) is 13.8. The summed E-state index contributed by atoms with van der Waals surface area (Å²) in [5, 5.41) is 8.68. The predicted molar refractivity (Wildman–Crippen MR) is 114 cm³/mol. The first kappa shape index (κ1) is 25.9. The number of nitrogens with zero attached hydrogens (tertiary/aromatic N) is 5. The van der Waals surface area contributed by atoms with Crippen LogP contribution in [0.1, 0.15) is 32.3 Å². The van der Waals surface area contributed by atoms with Crippen molar-refractivity contribution in [1.82, 2.24) is 10.2 Å². The molecular weight excluding hydrogens is 507 g/mol. The topological polar surface area (TPSA) is 117 Å². The van der Waals surface area contributed by atoms with E-state index in [9.17, 15) is 35.2 Å². The molecule has 1 aliphatic heterocycles. The van der Waals surface area contributed by atoms with Crippen molar-refractivity contribution in [2.24, 2.45) is 10.2 Å². The molecule has 0 fully saturated rings. The number of rotatable bonds is 8. The Morgan fingerprint density at radius 3 is 2.53 bits per heavy atom. The fourth-order valence-corrected chi connectivity index (χ4v) is 4.73. The van der Waals surface area contributed by atoms with E-state index in [0.717, 1.165) is 17.4 Å². The summed E-state index contributed by atoms with van der Waals surface area (Å²) in [6.07, 6.45) is -4.95. The summed E-state index contributed by atoms with van der Waals surface area (Å²) in [7, 11) is -6.27. The average Bonchev–Trinajstić information content (AvgIpc) is 3.25. The third-order valence-corrected chi connectivity index (χ3v) is 6.98. The second-order valence-corrected chi connectivity index (χ2v) is 9.93. The van der Waals surface area contributed by atoms with Gasteiger partial charge in [-0.1, -0.05) is 18.3 Å². The Bertz CT molecular complexity index is 1190. The van der Waals surface area contributed by atoms with Crippen LogP contribution in [0.4, 0.5) is 44.1 Å². The van der Waals surface area contributed by atoms with E-state index >= 15 is 0 Å². The number of hydrogen-bond acceptors (Lipinski definition) is 9. The van der Waals surface area contributed by atoms with E-state index in [1.54, 1.807) is 4.90 Å². The molecule has 0 saturated carbocycles. The second kappa shape index (κ2) is 9.48. The van der Waals surface area contributed by atoms with Gasteiger partial charge in [0.1, 0.15) is 11.2 Å². The van der Waals surface area contributed by atoms with Crippen LogP contribution in [-0.4, -0.2) is 48.4 Å². The number of benzene rings is 1. The Morgan fingerprint density at radius 1 is 1.26 bits per heavy atom. The molecule has 1 N–H and O–H groups in total. The van der Waals surface area contributed by atoms with Crippen LogP contribution in [0.15, 0.2) is 27.9 Å². The van der Waals surface area contributed by atoms with Gasteiger partial charge in [0.05, 0.1) is 11.7 Å². The van der Waals surface area contributed by atoms with Gasteiger partial charge in [-0.05, 0) is 43.9 Å². The van der Waals surface area contributed by atoms with Gasteiger partial charge in [-0.25, -0.2) is 0 Å². The van der Waals surface area contributed by atoms with Gasteiger partial charge >= 0.3 is 21.5 Å². The smallest absolute Gasteiger partial charge is 0.361 e. The molecule has 0 saturated heterocycles. The Hall–Kier alpha value is -2.75. The van der Waals surface area contributed by atoms with E-state index < -0.39 is 33.2 Å². The molecule has 2 aromatic rings. The standard InChI is InChI=1S/C18H19F5N6O3S2/c1-3-6-29-14(10(2)30)5-4-11-7-12(25-27-16-26-24-9-33-16)13(8-15(11)29)28-34(31,32)18(22,23)17(19,20)21/h7-9,14,28H,3-6H2,1-2H3.